The summed E-state index contributed by atoms with van der Waals surface area (Å²) < 4.78 is 2.62. The van der Waals surface area contributed by atoms with E-state index < -0.39 is 6.04 Å². The molecule has 1 aliphatic heterocycles. The zero-order valence-electron chi connectivity index (χ0n) is 15.4. The number of rotatable bonds is 3. The van der Waals surface area contributed by atoms with E-state index in [1.807, 2.05) is 37.3 Å². The lowest BCUT2D eigenvalue weighted by Crippen LogP contribution is -2.50. The van der Waals surface area contributed by atoms with Gasteiger partial charge in [0.2, 0.25) is 5.91 Å². The number of fused-ring (bicyclic) bond motifs is 1. The lowest BCUT2D eigenvalue weighted by molar-refractivity contribution is -0.118. The molecule has 2 N–H and O–H groups in total. The molecule has 2 heterocycles. The molecule has 2 atom stereocenters. The maximum atomic E-state index is 13.0. The van der Waals surface area contributed by atoms with Crippen molar-refractivity contribution in [3.05, 3.63) is 81.5 Å². The quantitative estimate of drug-likeness (QED) is 0.657. The summed E-state index contributed by atoms with van der Waals surface area (Å²) in [4.78, 5) is 25.7. The number of nitrogens with one attached hydrogen (secondary N) is 2. The standard InChI is InChI=1S/C21H19BrN4O2/c1-12-16-17(13-8-10-15(22)11-9-13)18(21(28)24-19(16)26(2)25-12)23-20(27)14-6-4-3-5-7-14/h3-11,17-18H,1-2H3,(H,23,27)(H,24,28)/t17-,18+/m1/s1. The first kappa shape index (κ1) is 18.4. The first-order chi connectivity index (χ1) is 13.5. The molecule has 3 aromatic rings. The van der Waals surface area contributed by atoms with Crippen LogP contribution in [-0.2, 0) is 11.8 Å². The van der Waals surface area contributed by atoms with Gasteiger partial charge < -0.3 is 10.6 Å². The third kappa shape index (κ3) is 3.22. The minimum Gasteiger partial charge on any atom is -0.339 e. The molecule has 1 aliphatic rings. The topological polar surface area (TPSA) is 76.0 Å². The Morgan fingerprint density at radius 3 is 2.50 bits per heavy atom. The SMILES string of the molecule is Cc1nn(C)c2c1[C@@H](c1ccc(Br)cc1)[C@H](NC(=O)c1ccccc1)C(=O)N2. The van der Waals surface area contributed by atoms with Gasteiger partial charge in [0.25, 0.3) is 5.91 Å². The molecule has 0 saturated carbocycles. The minimum absolute atomic E-state index is 0.257. The number of aryl methyl sites for hydroxylation is 2. The number of hydrogen-bond donors (Lipinski definition) is 2. The number of benzene rings is 2. The maximum Gasteiger partial charge on any atom is 0.251 e. The molecule has 0 fully saturated rings. The molecule has 0 unspecified atom stereocenters. The summed E-state index contributed by atoms with van der Waals surface area (Å²) in [7, 11) is 1.80. The van der Waals surface area contributed by atoms with Crippen molar-refractivity contribution in [2.45, 2.75) is 18.9 Å². The second-order valence-corrected chi connectivity index (χ2v) is 7.72. The van der Waals surface area contributed by atoms with Gasteiger partial charge >= 0.3 is 0 Å². The fourth-order valence-electron chi connectivity index (χ4n) is 3.70. The molecule has 4 rings (SSSR count). The summed E-state index contributed by atoms with van der Waals surface area (Å²) >= 11 is 3.45. The minimum atomic E-state index is -0.746. The van der Waals surface area contributed by atoms with Crippen molar-refractivity contribution in [2.24, 2.45) is 7.05 Å². The number of aromatic nitrogens is 2. The second kappa shape index (κ2) is 7.24. The van der Waals surface area contributed by atoms with E-state index in [1.165, 1.54) is 0 Å². The van der Waals surface area contributed by atoms with Crippen LogP contribution >= 0.6 is 15.9 Å². The van der Waals surface area contributed by atoms with Crippen LogP contribution in [0.15, 0.2) is 59.1 Å². The molecule has 6 nitrogen and oxygen atoms in total. The van der Waals surface area contributed by atoms with Gasteiger partial charge in [-0.2, -0.15) is 5.10 Å². The van der Waals surface area contributed by atoms with Gasteiger partial charge in [-0.3, -0.25) is 14.3 Å². The molecule has 2 aromatic carbocycles. The number of hydrogen-bond acceptors (Lipinski definition) is 3. The molecule has 0 aliphatic carbocycles. The van der Waals surface area contributed by atoms with Gasteiger partial charge in [-0.1, -0.05) is 46.3 Å². The van der Waals surface area contributed by atoms with Gasteiger partial charge in [0.15, 0.2) is 0 Å². The van der Waals surface area contributed by atoms with Crippen LogP contribution in [0.1, 0.15) is 33.1 Å². The second-order valence-electron chi connectivity index (χ2n) is 6.81. The van der Waals surface area contributed by atoms with Crippen LogP contribution < -0.4 is 10.6 Å². The van der Waals surface area contributed by atoms with E-state index >= 15 is 0 Å². The third-order valence-electron chi connectivity index (χ3n) is 4.99. The third-order valence-corrected chi connectivity index (χ3v) is 5.52. The van der Waals surface area contributed by atoms with Crippen molar-refractivity contribution >= 4 is 33.6 Å². The zero-order chi connectivity index (χ0) is 19.8. The summed E-state index contributed by atoms with van der Waals surface area (Å²) in [6, 6.07) is 15.9. The van der Waals surface area contributed by atoms with Crippen LogP contribution in [-0.4, -0.2) is 27.6 Å². The smallest absolute Gasteiger partial charge is 0.251 e. The van der Waals surface area contributed by atoms with E-state index in [2.05, 4.69) is 31.7 Å². The van der Waals surface area contributed by atoms with Crippen LogP contribution in [0.2, 0.25) is 0 Å². The van der Waals surface area contributed by atoms with Crippen LogP contribution in [0, 0.1) is 6.92 Å². The average Bonchev–Trinajstić information content (AvgIpc) is 2.97. The summed E-state index contributed by atoms with van der Waals surface area (Å²) in [5.41, 5.74) is 3.19. The van der Waals surface area contributed by atoms with Crippen molar-refractivity contribution in [2.75, 3.05) is 5.32 Å². The highest BCUT2D eigenvalue weighted by atomic mass is 79.9. The lowest BCUT2D eigenvalue weighted by atomic mass is 9.82. The fourth-order valence-corrected chi connectivity index (χ4v) is 3.96. The van der Waals surface area contributed by atoms with Crippen LogP contribution in [0.25, 0.3) is 0 Å². The normalized spacial score (nSPS) is 18.3. The van der Waals surface area contributed by atoms with Gasteiger partial charge in [-0.15, -0.1) is 0 Å². The molecule has 2 amide bonds. The zero-order valence-corrected chi connectivity index (χ0v) is 17.0. The lowest BCUT2D eigenvalue weighted by Gasteiger charge is -2.32. The average molecular weight is 439 g/mol. The Morgan fingerprint density at radius 1 is 1.14 bits per heavy atom. The molecule has 0 bridgehead atoms. The van der Waals surface area contributed by atoms with E-state index in [-0.39, 0.29) is 17.7 Å². The van der Waals surface area contributed by atoms with Crippen molar-refractivity contribution in [3.8, 4) is 0 Å². The predicted molar refractivity (Wildman–Crippen MR) is 110 cm³/mol. The van der Waals surface area contributed by atoms with Crippen LogP contribution in [0.4, 0.5) is 5.82 Å². The maximum absolute atomic E-state index is 13.0. The van der Waals surface area contributed by atoms with Crippen molar-refractivity contribution in [1.82, 2.24) is 15.1 Å². The molecule has 1 aromatic heterocycles. The molecular weight excluding hydrogens is 420 g/mol. The number of halogens is 1. The molecular formula is C21H19BrN4O2. The van der Waals surface area contributed by atoms with Gasteiger partial charge in [0, 0.05) is 28.6 Å². The number of carbonyl (C=O) groups excluding carboxylic acids is 2. The van der Waals surface area contributed by atoms with E-state index in [1.54, 1.807) is 36.0 Å². The van der Waals surface area contributed by atoms with Gasteiger partial charge in [-0.25, -0.2) is 0 Å². The summed E-state index contributed by atoms with van der Waals surface area (Å²) in [6.45, 7) is 1.91. The monoisotopic (exact) mass is 438 g/mol. The van der Waals surface area contributed by atoms with Crippen molar-refractivity contribution < 1.29 is 9.59 Å². The molecule has 0 saturated heterocycles. The van der Waals surface area contributed by atoms with Crippen LogP contribution in [0.3, 0.4) is 0 Å². The Morgan fingerprint density at radius 2 is 1.82 bits per heavy atom. The van der Waals surface area contributed by atoms with E-state index in [0.717, 1.165) is 21.3 Å². The highest BCUT2D eigenvalue weighted by Gasteiger charge is 2.41. The number of carbonyl (C=O) groups is 2. The first-order valence-electron chi connectivity index (χ1n) is 8.91. The number of anilines is 1. The largest absolute Gasteiger partial charge is 0.339 e. The molecule has 142 valence electrons. The summed E-state index contributed by atoms with van der Waals surface area (Å²) in [6.07, 6.45) is 0. The Bertz CT molecular complexity index is 1040. The Kier molecular flexibility index (Phi) is 4.77. The van der Waals surface area contributed by atoms with E-state index in [9.17, 15) is 9.59 Å². The molecule has 0 radical (unpaired) electrons. The fraction of sp³-hybridized carbons (Fsp3) is 0.190. The number of amides is 2. The first-order valence-corrected chi connectivity index (χ1v) is 9.70. The number of nitrogens with zero attached hydrogens (tertiary/aromatic N) is 2. The molecule has 7 heteroatoms. The summed E-state index contributed by atoms with van der Waals surface area (Å²) in [5.74, 6) is -0.209. The predicted octanol–water partition coefficient (Wildman–Crippen LogP) is 3.37. The Balaban J connectivity index is 1.79. The Hall–Kier alpha value is -2.93. The van der Waals surface area contributed by atoms with Gasteiger partial charge in [0.1, 0.15) is 11.9 Å². The Labute approximate surface area is 171 Å². The van der Waals surface area contributed by atoms with Crippen molar-refractivity contribution in [1.29, 1.82) is 0 Å². The molecule has 28 heavy (non-hydrogen) atoms. The van der Waals surface area contributed by atoms with Crippen LogP contribution in [0.5, 0.6) is 0 Å². The highest BCUT2D eigenvalue weighted by Crippen LogP contribution is 2.39. The van der Waals surface area contributed by atoms with E-state index in [0.29, 0.717) is 11.4 Å². The van der Waals surface area contributed by atoms with E-state index in [4.69, 9.17) is 0 Å². The molecule has 0 spiro atoms. The summed E-state index contributed by atoms with van der Waals surface area (Å²) in [5, 5.41) is 10.3. The van der Waals surface area contributed by atoms with Crippen molar-refractivity contribution in [3.63, 3.8) is 0 Å². The van der Waals surface area contributed by atoms with Gasteiger partial charge in [0.05, 0.1) is 5.69 Å². The van der Waals surface area contributed by atoms with Gasteiger partial charge in [-0.05, 0) is 36.8 Å². The highest BCUT2D eigenvalue weighted by molar-refractivity contribution is 9.10.